The molecule has 3 nitrogen and oxygen atoms in total. The van der Waals surface area contributed by atoms with E-state index in [0.29, 0.717) is 13.2 Å². The molecule has 0 spiro atoms. The SMILES string of the molecule is COCC(C)(OC)c1cccc(OCc2ccc3ccccc3c2)c1. The molecule has 0 aromatic heterocycles. The lowest BCUT2D eigenvalue weighted by Gasteiger charge is -2.28. The molecule has 3 rings (SSSR count). The van der Waals surface area contributed by atoms with E-state index >= 15 is 0 Å². The number of methoxy groups -OCH3 is 2. The minimum Gasteiger partial charge on any atom is -0.489 e. The third-order valence-corrected chi connectivity index (χ3v) is 4.53. The first-order valence-corrected chi connectivity index (χ1v) is 8.40. The monoisotopic (exact) mass is 336 g/mol. The molecule has 0 aliphatic rings. The first-order valence-electron chi connectivity index (χ1n) is 8.40. The second-order valence-electron chi connectivity index (χ2n) is 6.37. The van der Waals surface area contributed by atoms with Gasteiger partial charge in [-0.25, -0.2) is 0 Å². The topological polar surface area (TPSA) is 27.7 Å². The van der Waals surface area contributed by atoms with Crippen LogP contribution >= 0.6 is 0 Å². The highest BCUT2D eigenvalue weighted by Gasteiger charge is 2.26. The number of benzene rings is 3. The van der Waals surface area contributed by atoms with Gasteiger partial charge in [0.1, 0.15) is 18.0 Å². The summed E-state index contributed by atoms with van der Waals surface area (Å²) in [5, 5.41) is 2.47. The molecule has 1 unspecified atom stereocenters. The summed E-state index contributed by atoms with van der Waals surface area (Å²) < 4.78 is 16.9. The Kier molecular flexibility index (Phi) is 5.37. The molecule has 3 heteroatoms. The van der Waals surface area contributed by atoms with E-state index in [4.69, 9.17) is 14.2 Å². The summed E-state index contributed by atoms with van der Waals surface area (Å²) in [6.07, 6.45) is 0. The standard InChI is InChI=1S/C22H24O3/c1-22(24-3,16-23-2)20-9-6-10-21(14-20)25-15-17-11-12-18-7-4-5-8-19(18)13-17/h4-14H,15-16H2,1-3H3. The summed E-state index contributed by atoms with van der Waals surface area (Å²) in [4.78, 5) is 0. The first-order chi connectivity index (χ1) is 12.1. The maximum absolute atomic E-state index is 6.00. The average Bonchev–Trinajstić information content (AvgIpc) is 2.66. The van der Waals surface area contributed by atoms with Gasteiger partial charge in [0.2, 0.25) is 0 Å². The van der Waals surface area contributed by atoms with Crippen LogP contribution in [0.1, 0.15) is 18.1 Å². The van der Waals surface area contributed by atoms with E-state index in [9.17, 15) is 0 Å². The second kappa shape index (κ2) is 7.68. The van der Waals surface area contributed by atoms with Crippen molar-refractivity contribution in [3.8, 4) is 5.75 Å². The van der Waals surface area contributed by atoms with E-state index in [1.54, 1.807) is 14.2 Å². The zero-order valence-electron chi connectivity index (χ0n) is 15.0. The molecular weight excluding hydrogens is 312 g/mol. The van der Waals surface area contributed by atoms with Gasteiger partial charge in [-0.15, -0.1) is 0 Å². The van der Waals surface area contributed by atoms with Crippen LogP contribution < -0.4 is 4.74 Å². The lowest BCUT2D eigenvalue weighted by Crippen LogP contribution is -2.29. The molecule has 0 fully saturated rings. The summed E-state index contributed by atoms with van der Waals surface area (Å²) in [6.45, 7) is 3.03. The van der Waals surface area contributed by atoms with Crippen LogP contribution in [0, 0.1) is 0 Å². The number of hydrogen-bond donors (Lipinski definition) is 0. The third-order valence-electron chi connectivity index (χ3n) is 4.53. The zero-order valence-corrected chi connectivity index (χ0v) is 15.0. The highest BCUT2D eigenvalue weighted by Crippen LogP contribution is 2.28. The Morgan fingerprint density at radius 3 is 2.40 bits per heavy atom. The van der Waals surface area contributed by atoms with Gasteiger partial charge < -0.3 is 14.2 Å². The van der Waals surface area contributed by atoms with Gasteiger partial charge in [-0.1, -0.05) is 48.5 Å². The van der Waals surface area contributed by atoms with Crippen LogP contribution in [0.25, 0.3) is 10.8 Å². The van der Waals surface area contributed by atoms with Gasteiger partial charge in [0.15, 0.2) is 0 Å². The summed E-state index contributed by atoms with van der Waals surface area (Å²) >= 11 is 0. The molecule has 0 aliphatic carbocycles. The van der Waals surface area contributed by atoms with Crippen molar-refractivity contribution in [2.24, 2.45) is 0 Å². The van der Waals surface area contributed by atoms with Gasteiger partial charge >= 0.3 is 0 Å². The highest BCUT2D eigenvalue weighted by atomic mass is 16.5. The Bertz CT molecular complexity index is 843. The second-order valence-corrected chi connectivity index (χ2v) is 6.37. The molecule has 3 aromatic carbocycles. The number of ether oxygens (including phenoxy) is 3. The first kappa shape index (κ1) is 17.5. The molecule has 0 aliphatic heterocycles. The molecule has 130 valence electrons. The summed E-state index contributed by atoms with van der Waals surface area (Å²) in [6, 6.07) is 22.7. The molecule has 0 radical (unpaired) electrons. The van der Waals surface area contributed by atoms with Gasteiger partial charge in [-0.3, -0.25) is 0 Å². The van der Waals surface area contributed by atoms with Crippen LogP contribution in [0.3, 0.4) is 0 Å². The van der Waals surface area contributed by atoms with Crippen LogP contribution in [-0.4, -0.2) is 20.8 Å². The van der Waals surface area contributed by atoms with Crippen molar-refractivity contribution in [2.75, 3.05) is 20.8 Å². The Hall–Kier alpha value is -2.36. The van der Waals surface area contributed by atoms with Gasteiger partial charge in [0, 0.05) is 14.2 Å². The van der Waals surface area contributed by atoms with E-state index in [0.717, 1.165) is 16.9 Å². The summed E-state index contributed by atoms with van der Waals surface area (Å²) in [5.41, 5.74) is 1.69. The van der Waals surface area contributed by atoms with Gasteiger partial charge in [0.25, 0.3) is 0 Å². The quantitative estimate of drug-likeness (QED) is 0.612. The van der Waals surface area contributed by atoms with E-state index < -0.39 is 5.60 Å². The Labute approximate surface area is 149 Å². The Balaban J connectivity index is 1.75. The molecule has 0 saturated heterocycles. The van der Waals surface area contributed by atoms with E-state index in [-0.39, 0.29) is 0 Å². The van der Waals surface area contributed by atoms with E-state index in [2.05, 4.69) is 42.5 Å². The van der Waals surface area contributed by atoms with Crippen LogP contribution in [-0.2, 0) is 21.7 Å². The normalized spacial score (nSPS) is 13.6. The van der Waals surface area contributed by atoms with Crippen molar-refractivity contribution in [1.82, 2.24) is 0 Å². The van der Waals surface area contributed by atoms with Crippen molar-refractivity contribution in [1.29, 1.82) is 0 Å². The number of fused-ring (bicyclic) bond motifs is 1. The van der Waals surface area contributed by atoms with Gasteiger partial charge in [0.05, 0.1) is 6.61 Å². The minimum absolute atomic E-state index is 0.484. The van der Waals surface area contributed by atoms with E-state index in [1.165, 1.54) is 10.8 Å². The largest absolute Gasteiger partial charge is 0.489 e. The van der Waals surface area contributed by atoms with Gasteiger partial charge in [-0.2, -0.15) is 0 Å². The average molecular weight is 336 g/mol. The van der Waals surface area contributed by atoms with Crippen LogP contribution in [0.4, 0.5) is 0 Å². The fourth-order valence-corrected chi connectivity index (χ4v) is 2.95. The third kappa shape index (κ3) is 4.01. The molecule has 0 heterocycles. The van der Waals surface area contributed by atoms with Crippen molar-refractivity contribution in [3.05, 3.63) is 77.9 Å². The predicted octanol–water partition coefficient (Wildman–Crippen LogP) is 4.93. The lowest BCUT2D eigenvalue weighted by molar-refractivity contribution is -0.0556. The predicted molar refractivity (Wildman–Crippen MR) is 101 cm³/mol. The van der Waals surface area contributed by atoms with Crippen molar-refractivity contribution in [2.45, 2.75) is 19.1 Å². The lowest BCUT2D eigenvalue weighted by atomic mass is 9.96. The van der Waals surface area contributed by atoms with Crippen molar-refractivity contribution >= 4 is 10.8 Å². The smallest absolute Gasteiger partial charge is 0.120 e. The van der Waals surface area contributed by atoms with Crippen LogP contribution in [0.15, 0.2) is 66.7 Å². The molecule has 1 atom stereocenters. The van der Waals surface area contributed by atoms with Crippen LogP contribution in [0.2, 0.25) is 0 Å². The molecule has 0 bridgehead atoms. The molecule has 0 saturated carbocycles. The zero-order chi connectivity index (χ0) is 17.7. The fraction of sp³-hybridized carbons (Fsp3) is 0.273. The molecule has 0 N–H and O–H groups in total. The molecule has 25 heavy (non-hydrogen) atoms. The summed E-state index contributed by atoms with van der Waals surface area (Å²) in [7, 11) is 3.37. The molecule has 3 aromatic rings. The fourth-order valence-electron chi connectivity index (χ4n) is 2.95. The maximum Gasteiger partial charge on any atom is 0.120 e. The van der Waals surface area contributed by atoms with Crippen molar-refractivity contribution < 1.29 is 14.2 Å². The minimum atomic E-state index is -0.489. The molecular formula is C22H24O3. The van der Waals surface area contributed by atoms with E-state index in [1.807, 2.05) is 31.2 Å². The Morgan fingerprint density at radius 1 is 0.840 bits per heavy atom. The molecule has 0 amide bonds. The van der Waals surface area contributed by atoms with Crippen LogP contribution in [0.5, 0.6) is 5.75 Å². The Morgan fingerprint density at radius 2 is 1.64 bits per heavy atom. The van der Waals surface area contributed by atoms with Crippen molar-refractivity contribution in [3.63, 3.8) is 0 Å². The highest BCUT2D eigenvalue weighted by molar-refractivity contribution is 5.82. The van der Waals surface area contributed by atoms with Gasteiger partial charge in [-0.05, 0) is 47.0 Å². The number of rotatable bonds is 7. The number of hydrogen-bond acceptors (Lipinski definition) is 3. The summed E-state index contributed by atoms with van der Waals surface area (Å²) in [5.74, 6) is 0.824. The maximum atomic E-state index is 6.00.